The molecule has 1 aromatic carbocycles. The minimum Gasteiger partial charge on any atom is -0.440 e. The van der Waals surface area contributed by atoms with Gasteiger partial charge in [-0.05, 0) is 43.4 Å². The third-order valence-corrected chi connectivity index (χ3v) is 5.17. The van der Waals surface area contributed by atoms with Crippen LogP contribution < -0.4 is 10.4 Å². The van der Waals surface area contributed by atoms with Crippen molar-refractivity contribution in [3.8, 4) is 5.75 Å². The molecule has 1 saturated heterocycles. The molecule has 2 aromatic rings. The number of esters is 1. The lowest BCUT2D eigenvalue weighted by Crippen LogP contribution is -2.42. The van der Waals surface area contributed by atoms with Crippen molar-refractivity contribution in [2.75, 3.05) is 19.7 Å². The first-order valence-electron chi connectivity index (χ1n) is 9.85. The molecule has 2 heterocycles. The van der Waals surface area contributed by atoms with E-state index in [0.29, 0.717) is 17.8 Å². The summed E-state index contributed by atoms with van der Waals surface area (Å²) >= 11 is 0. The Morgan fingerprint density at radius 2 is 1.87 bits per heavy atom. The van der Waals surface area contributed by atoms with Crippen LogP contribution in [0.1, 0.15) is 30.9 Å². The van der Waals surface area contributed by atoms with Crippen LogP contribution in [0.4, 0.5) is 18.0 Å². The third-order valence-electron chi connectivity index (χ3n) is 5.17. The zero-order chi connectivity index (χ0) is 22.8. The highest BCUT2D eigenvalue weighted by Gasteiger charge is 2.33. The molecule has 1 aliphatic heterocycles. The predicted octanol–water partition coefficient (Wildman–Crippen LogP) is 3.98. The molecule has 0 aliphatic carbocycles. The Kier molecular flexibility index (Phi) is 6.56. The van der Waals surface area contributed by atoms with E-state index in [2.05, 4.69) is 4.74 Å². The molecule has 0 unspecified atom stereocenters. The molecule has 0 radical (unpaired) electrons. The van der Waals surface area contributed by atoms with Crippen LogP contribution in [0.5, 0.6) is 5.75 Å². The average molecular weight is 441 g/mol. The highest BCUT2D eigenvalue weighted by Crippen LogP contribution is 2.29. The van der Waals surface area contributed by atoms with Gasteiger partial charge in [0.05, 0.1) is 5.92 Å². The molecule has 1 amide bonds. The van der Waals surface area contributed by atoms with E-state index in [9.17, 15) is 27.6 Å². The van der Waals surface area contributed by atoms with Crippen molar-refractivity contribution < 1.29 is 36.7 Å². The van der Waals surface area contributed by atoms with Gasteiger partial charge in [-0.25, -0.2) is 9.59 Å². The van der Waals surface area contributed by atoms with Gasteiger partial charge in [0.1, 0.15) is 11.3 Å². The Bertz CT molecular complexity index is 1040. The highest BCUT2D eigenvalue weighted by molar-refractivity contribution is 5.84. The number of carbonyl (C=O) groups excluding carboxylic acids is 2. The van der Waals surface area contributed by atoms with Gasteiger partial charge >= 0.3 is 23.9 Å². The summed E-state index contributed by atoms with van der Waals surface area (Å²) in [7, 11) is 0. The van der Waals surface area contributed by atoms with E-state index in [0.717, 1.165) is 21.4 Å². The maximum atomic E-state index is 12.6. The molecule has 7 nitrogen and oxygen atoms in total. The summed E-state index contributed by atoms with van der Waals surface area (Å²) in [5, 5.41) is 0.752. The summed E-state index contributed by atoms with van der Waals surface area (Å²) < 4.78 is 51.6. The van der Waals surface area contributed by atoms with Crippen molar-refractivity contribution in [2.45, 2.75) is 39.3 Å². The number of likely N-dealkylation sites (tertiary alicyclic amines) is 1. The molecule has 0 saturated carbocycles. The quantitative estimate of drug-likeness (QED) is 0.405. The summed E-state index contributed by atoms with van der Waals surface area (Å²) in [6.07, 6.45) is -4.59. The first kappa shape index (κ1) is 22.6. The SMILES string of the molecule is CCc1cc2c(C)cc(=O)oc2cc1OC(=O)C1CCN(C(=O)OCC(F)(F)F)CC1. The van der Waals surface area contributed by atoms with E-state index in [-0.39, 0.29) is 25.9 Å². The van der Waals surface area contributed by atoms with Crippen molar-refractivity contribution in [1.82, 2.24) is 4.90 Å². The number of nitrogens with zero attached hydrogens (tertiary/aromatic N) is 1. The van der Waals surface area contributed by atoms with Crippen LogP contribution in [-0.4, -0.2) is 42.8 Å². The van der Waals surface area contributed by atoms with E-state index in [4.69, 9.17) is 9.15 Å². The van der Waals surface area contributed by atoms with Crippen LogP contribution in [0.15, 0.2) is 27.4 Å². The monoisotopic (exact) mass is 441 g/mol. The first-order chi connectivity index (χ1) is 14.6. The molecular formula is C21H22F3NO6. The molecule has 0 bridgehead atoms. The van der Waals surface area contributed by atoms with Crippen molar-refractivity contribution in [3.63, 3.8) is 0 Å². The van der Waals surface area contributed by atoms with E-state index >= 15 is 0 Å². The second kappa shape index (κ2) is 8.99. The van der Waals surface area contributed by atoms with E-state index < -0.39 is 36.4 Å². The summed E-state index contributed by atoms with van der Waals surface area (Å²) in [5.41, 5.74) is 1.33. The molecule has 3 rings (SSSR count). The Balaban J connectivity index is 1.65. The van der Waals surface area contributed by atoms with Gasteiger partial charge in [0.2, 0.25) is 0 Å². The number of ether oxygens (including phenoxy) is 2. The van der Waals surface area contributed by atoms with Gasteiger partial charge in [0, 0.05) is 30.6 Å². The van der Waals surface area contributed by atoms with Gasteiger partial charge in [-0.3, -0.25) is 4.79 Å². The lowest BCUT2D eigenvalue weighted by molar-refractivity contribution is -0.162. The molecule has 0 spiro atoms. The lowest BCUT2D eigenvalue weighted by Gasteiger charge is -2.30. The second-order valence-electron chi connectivity index (χ2n) is 7.41. The molecular weight excluding hydrogens is 419 g/mol. The maximum absolute atomic E-state index is 12.6. The lowest BCUT2D eigenvalue weighted by atomic mass is 9.97. The maximum Gasteiger partial charge on any atom is 0.422 e. The van der Waals surface area contributed by atoms with Crippen LogP contribution in [0.3, 0.4) is 0 Å². The normalized spacial score (nSPS) is 15.2. The topological polar surface area (TPSA) is 86.0 Å². The number of fused-ring (bicyclic) bond motifs is 1. The molecule has 1 aromatic heterocycles. The molecule has 1 aliphatic rings. The zero-order valence-corrected chi connectivity index (χ0v) is 17.1. The number of halogens is 3. The fourth-order valence-electron chi connectivity index (χ4n) is 3.49. The number of hydrogen-bond acceptors (Lipinski definition) is 6. The minimum absolute atomic E-state index is 0.0862. The smallest absolute Gasteiger partial charge is 0.422 e. The second-order valence-corrected chi connectivity index (χ2v) is 7.41. The van der Waals surface area contributed by atoms with Crippen LogP contribution in [0.25, 0.3) is 11.0 Å². The minimum atomic E-state index is -4.59. The molecule has 168 valence electrons. The Morgan fingerprint density at radius 1 is 1.19 bits per heavy atom. The van der Waals surface area contributed by atoms with Crippen molar-refractivity contribution in [2.24, 2.45) is 5.92 Å². The standard InChI is InChI=1S/C21H22F3NO6/c1-3-13-9-15-12(2)8-18(26)30-17(15)10-16(13)31-19(27)14-4-6-25(7-5-14)20(28)29-11-21(22,23)24/h8-10,14H,3-7,11H2,1-2H3. The number of hydrogen-bond donors (Lipinski definition) is 0. The van der Waals surface area contributed by atoms with E-state index in [1.807, 2.05) is 13.0 Å². The highest BCUT2D eigenvalue weighted by atomic mass is 19.4. The number of benzene rings is 1. The van der Waals surface area contributed by atoms with E-state index in [1.165, 1.54) is 12.1 Å². The van der Waals surface area contributed by atoms with Gasteiger partial charge in [0.15, 0.2) is 6.61 Å². The summed E-state index contributed by atoms with van der Waals surface area (Å²) in [5.74, 6) is -0.732. The Morgan fingerprint density at radius 3 is 2.48 bits per heavy atom. The van der Waals surface area contributed by atoms with Gasteiger partial charge in [-0.1, -0.05) is 6.92 Å². The van der Waals surface area contributed by atoms with Gasteiger partial charge < -0.3 is 18.8 Å². The zero-order valence-electron chi connectivity index (χ0n) is 17.1. The van der Waals surface area contributed by atoms with Crippen molar-refractivity contribution >= 4 is 23.0 Å². The fourth-order valence-corrected chi connectivity index (χ4v) is 3.49. The van der Waals surface area contributed by atoms with Gasteiger partial charge in [0.25, 0.3) is 0 Å². The van der Waals surface area contributed by atoms with E-state index in [1.54, 1.807) is 6.92 Å². The van der Waals surface area contributed by atoms with Crippen molar-refractivity contribution in [3.05, 3.63) is 39.7 Å². The molecule has 1 fully saturated rings. The first-order valence-corrected chi connectivity index (χ1v) is 9.85. The number of piperidine rings is 1. The number of aryl methyl sites for hydroxylation is 2. The largest absolute Gasteiger partial charge is 0.440 e. The van der Waals surface area contributed by atoms with Crippen LogP contribution in [-0.2, 0) is 16.0 Å². The Labute approximate surface area is 175 Å². The van der Waals surface area contributed by atoms with Crippen LogP contribution in [0, 0.1) is 12.8 Å². The summed E-state index contributed by atoms with van der Waals surface area (Å²) in [4.78, 5) is 37.2. The summed E-state index contributed by atoms with van der Waals surface area (Å²) in [6.45, 7) is 2.22. The van der Waals surface area contributed by atoms with Gasteiger partial charge in [-0.2, -0.15) is 13.2 Å². The number of carbonyl (C=O) groups is 2. The fraction of sp³-hybridized carbons (Fsp3) is 0.476. The van der Waals surface area contributed by atoms with Crippen LogP contribution in [0.2, 0.25) is 0 Å². The number of alkyl halides is 3. The van der Waals surface area contributed by atoms with Crippen molar-refractivity contribution in [1.29, 1.82) is 0 Å². The predicted molar refractivity (Wildman–Crippen MR) is 104 cm³/mol. The average Bonchev–Trinajstić information content (AvgIpc) is 2.71. The third kappa shape index (κ3) is 5.56. The van der Waals surface area contributed by atoms with Gasteiger partial charge in [-0.15, -0.1) is 0 Å². The Hall–Kier alpha value is -3.04. The summed E-state index contributed by atoms with van der Waals surface area (Å²) in [6, 6.07) is 4.72. The molecule has 0 atom stereocenters. The van der Waals surface area contributed by atoms with Crippen LogP contribution >= 0.6 is 0 Å². The number of amides is 1. The molecule has 0 N–H and O–H groups in total. The molecule has 10 heteroatoms. The number of rotatable bonds is 4. The molecule has 31 heavy (non-hydrogen) atoms.